The van der Waals surface area contributed by atoms with Crippen molar-refractivity contribution in [3.63, 3.8) is 0 Å². The smallest absolute Gasteiger partial charge is 0.291 e. The predicted molar refractivity (Wildman–Crippen MR) is 82.5 cm³/mol. The molecular formula is C15H13ClN4O2. The average molecular weight is 317 g/mol. The Balaban J connectivity index is 1.81. The van der Waals surface area contributed by atoms with Gasteiger partial charge in [-0.15, -0.1) is 0 Å². The Hall–Kier alpha value is -2.60. The van der Waals surface area contributed by atoms with Crippen LogP contribution in [0.3, 0.4) is 0 Å². The largest absolute Gasteiger partial charge is 0.459 e. The number of halogens is 1. The lowest BCUT2D eigenvalue weighted by Gasteiger charge is -2.06. The second kappa shape index (κ2) is 5.65. The first-order valence-electron chi connectivity index (χ1n) is 6.59. The number of amides is 1. The number of carbonyl (C=O) groups excluding carboxylic acids is 1. The van der Waals surface area contributed by atoms with Gasteiger partial charge in [-0.1, -0.05) is 11.6 Å². The van der Waals surface area contributed by atoms with E-state index >= 15 is 0 Å². The van der Waals surface area contributed by atoms with Gasteiger partial charge in [-0.05, 0) is 38.1 Å². The molecule has 0 radical (unpaired) electrons. The van der Waals surface area contributed by atoms with Crippen molar-refractivity contribution in [1.82, 2.24) is 14.8 Å². The molecule has 0 aromatic carbocycles. The highest BCUT2D eigenvalue weighted by atomic mass is 35.5. The Labute approximate surface area is 131 Å². The van der Waals surface area contributed by atoms with Crippen molar-refractivity contribution in [2.24, 2.45) is 0 Å². The minimum absolute atomic E-state index is 0.245. The Bertz CT molecular complexity index is 807. The molecule has 112 valence electrons. The molecule has 0 spiro atoms. The van der Waals surface area contributed by atoms with Crippen LogP contribution in [0.1, 0.15) is 21.9 Å². The number of furan rings is 1. The Morgan fingerprint density at radius 1 is 1.32 bits per heavy atom. The van der Waals surface area contributed by atoms with Crippen LogP contribution in [0.4, 0.5) is 5.69 Å². The highest BCUT2D eigenvalue weighted by Gasteiger charge is 2.12. The van der Waals surface area contributed by atoms with Gasteiger partial charge in [-0.25, -0.2) is 9.67 Å². The molecule has 22 heavy (non-hydrogen) atoms. The number of aromatic nitrogens is 3. The Morgan fingerprint density at radius 3 is 2.68 bits per heavy atom. The van der Waals surface area contributed by atoms with E-state index in [4.69, 9.17) is 16.0 Å². The molecule has 1 amide bonds. The van der Waals surface area contributed by atoms with Crippen LogP contribution in [0.15, 0.2) is 41.1 Å². The van der Waals surface area contributed by atoms with Crippen LogP contribution >= 0.6 is 11.6 Å². The fourth-order valence-electron chi connectivity index (χ4n) is 2.03. The number of anilines is 1. The zero-order valence-corrected chi connectivity index (χ0v) is 12.8. The summed E-state index contributed by atoms with van der Waals surface area (Å²) < 4.78 is 6.69. The van der Waals surface area contributed by atoms with Gasteiger partial charge in [0.05, 0.1) is 34.6 Å². The lowest BCUT2D eigenvalue weighted by Crippen LogP contribution is -2.11. The van der Waals surface area contributed by atoms with E-state index in [-0.39, 0.29) is 11.7 Å². The number of carbonyl (C=O) groups is 1. The number of hydrogen-bond acceptors (Lipinski definition) is 4. The van der Waals surface area contributed by atoms with Crippen molar-refractivity contribution in [3.8, 4) is 5.82 Å². The molecule has 0 bridgehead atoms. The van der Waals surface area contributed by atoms with Gasteiger partial charge in [0.1, 0.15) is 0 Å². The van der Waals surface area contributed by atoms with Crippen LogP contribution in [0, 0.1) is 13.8 Å². The molecule has 0 saturated carbocycles. The van der Waals surface area contributed by atoms with Crippen molar-refractivity contribution >= 4 is 23.2 Å². The first-order valence-corrected chi connectivity index (χ1v) is 6.97. The van der Waals surface area contributed by atoms with Crippen LogP contribution < -0.4 is 5.32 Å². The zero-order chi connectivity index (χ0) is 15.7. The lowest BCUT2D eigenvalue weighted by atomic mass is 10.3. The SMILES string of the molecule is Cc1nn(-c2ccc(NC(=O)c3ccco3)cn2)c(C)c1Cl. The monoisotopic (exact) mass is 316 g/mol. The van der Waals surface area contributed by atoms with E-state index in [1.807, 2.05) is 13.8 Å². The van der Waals surface area contributed by atoms with E-state index in [9.17, 15) is 4.79 Å². The maximum absolute atomic E-state index is 11.9. The van der Waals surface area contributed by atoms with Crippen molar-refractivity contribution in [1.29, 1.82) is 0 Å². The maximum Gasteiger partial charge on any atom is 0.291 e. The van der Waals surface area contributed by atoms with Crippen molar-refractivity contribution in [2.45, 2.75) is 13.8 Å². The van der Waals surface area contributed by atoms with Crippen LogP contribution in [0.2, 0.25) is 5.02 Å². The number of nitrogens with zero attached hydrogens (tertiary/aromatic N) is 3. The summed E-state index contributed by atoms with van der Waals surface area (Å²) >= 11 is 6.13. The molecule has 3 aromatic rings. The van der Waals surface area contributed by atoms with Crippen LogP contribution in [0.25, 0.3) is 5.82 Å². The molecule has 3 rings (SSSR count). The van der Waals surface area contributed by atoms with Gasteiger partial charge in [0.15, 0.2) is 11.6 Å². The first kappa shape index (κ1) is 14.3. The third kappa shape index (κ3) is 2.60. The second-order valence-corrected chi connectivity index (χ2v) is 5.11. The second-order valence-electron chi connectivity index (χ2n) is 4.73. The number of aryl methyl sites for hydroxylation is 1. The molecule has 0 aliphatic carbocycles. The summed E-state index contributed by atoms with van der Waals surface area (Å²) in [5.74, 6) is 0.548. The summed E-state index contributed by atoms with van der Waals surface area (Å²) in [6, 6.07) is 6.75. The van der Waals surface area contributed by atoms with E-state index < -0.39 is 0 Å². The summed E-state index contributed by atoms with van der Waals surface area (Å²) in [5.41, 5.74) is 2.13. The van der Waals surface area contributed by atoms with Gasteiger partial charge in [-0.2, -0.15) is 5.10 Å². The number of pyridine rings is 1. The highest BCUT2D eigenvalue weighted by molar-refractivity contribution is 6.31. The standard InChI is InChI=1S/C15H13ClN4O2/c1-9-14(16)10(2)20(19-9)13-6-5-11(8-17-13)18-15(21)12-4-3-7-22-12/h3-8H,1-2H3,(H,18,21). The predicted octanol–water partition coefficient (Wildman–Crippen LogP) is 3.38. The highest BCUT2D eigenvalue weighted by Crippen LogP contribution is 2.22. The molecule has 3 aromatic heterocycles. The number of nitrogens with one attached hydrogen (secondary N) is 1. The molecule has 0 unspecified atom stereocenters. The molecule has 6 nitrogen and oxygen atoms in total. The number of rotatable bonds is 3. The van der Waals surface area contributed by atoms with Gasteiger partial charge >= 0.3 is 0 Å². The molecule has 7 heteroatoms. The van der Waals surface area contributed by atoms with Gasteiger partial charge in [0.2, 0.25) is 0 Å². The van der Waals surface area contributed by atoms with E-state index in [1.165, 1.54) is 6.26 Å². The van der Waals surface area contributed by atoms with E-state index in [0.717, 1.165) is 11.4 Å². The Morgan fingerprint density at radius 2 is 2.14 bits per heavy atom. The number of hydrogen-bond donors (Lipinski definition) is 1. The molecule has 0 atom stereocenters. The first-order chi connectivity index (χ1) is 10.6. The lowest BCUT2D eigenvalue weighted by molar-refractivity contribution is 0.0996. The summed E-state index contributed by atoms with van der Waals surface area (Å²) in [7, 11) is 0. The third-order valence-electron chi connectivity index (χ3n) is 3.17. The molecule has 0 aliphatic heterocycles. The third-order valence-corrected chi connectivity index (χ3v) is 3.72. The summed E-state index contributed by atoms with van der Waals surface area (Å²) in [5, 5.41) is 7.66. The van der Waals surface area contributed by atoms with Crippen molar-refractivity contribution in [3.05, 3.63) is 58.9 Å². The fourth-order valence-corrected chi connectivity index (χ4v) is 2.15. The molecule has 3 heterocycles. The topological polar surface area (TPSA) is 73.0 Å². The fraction of sp³-hybridized carbons (Fsp3) is 0.133. The minimum Gasteiger partial charge on any atom is -0.459 e. The summed E-state index contributed by atoms with van der Waals surface area (Å²) in [6.45, 7) is 3.71. The van der Waals surface area contributed by atoms with Gasteiger partial charge in [-0.3, -0.25) is 4.79 Å². The molecule has 0 aliphatic rings. The summed E-state index contributed by atoms with van der Waals surface area (Å²) in [6.07, 6.45) is 3.00. The summed E-state index contributed by atoms with van der Waals surface area (Å²) in [4.78, 5) is 16.2. The van der Waals surface area contributed by atoms with Gasteiger partial charge in [0, 0.05) is 0 Å². The van der Waals surface area contributed by atoms with Crippen LogP contribution in [-0.2, 0) is 0 Å². The maximum atomic E-state index is 11.9. The van der Waals surface area contributed by atoms with Crippen molar-refractivity contribution in [2.75, 3.05) is 5.32 Å². The molecule has 1 N–H and O–H groups in total. The van der Waals surface area contributed by atoms with Crippen molar-refractivity contribution < 1.29 is 9.21 Å². The Kier molecular flexibility index (Phi) is 3.68. The van der Waals surface area contributed by atoms with Crippen LogP contribution in [-0.4, -0.2) is 20.7 Å². The zero-order valence-electron chi connectivity index (χ0n) is 12.0. The normalized spacial score (nSPS) is 10.7. The van der Waals surface area contributed by atoms with Gasteiger partial charge < -0.3 is 9.73 Å². The quantitative estimate of drug-likeness (QED) is 0.804. The van der Waals surface area contributed by atoms with Gasteiger partial charge in [0.25, 0.3) is 5.91 Å². The minimum atomic E-state index is -0.325. The van der Waals surface area contributed by atoms with E-state index in [2.05, 4.69) is 15.4 Å². The molecule has 0 fully saturated rings. The van der Waals surface area contributed by atoms with E-state index in [1.54, 1.807) is 35.1 Å². The van der Waals surface area contributed by atoms with E-state index in [0.29, 0.717) is 16.5 Å². The van der Waals surface area contributed by atoms with Crippen LogP contribution in [0.5, 0.6) is 0 Å². The molecular weight excluding hydrogens is 304 g/mol. The molecule has 0 saturated heterocycles. The average Bonchev–Trinajstić information content (AvgIpc) is 3.13.